The van der Waals surface area contributed by atoms with E-state index in [-0.39, 0.29) is 0 Å². The van der Waals surface area contributed by atoms with E-state index in [2.05, 4.69) is 4.98 Å². The van der Waals surface area contributed by atoms with E-state index in [0.717, 1.165) is 17.1 Å². The quantitative estimate of drug-likeness (QED) is 0.850. The third-order valence-electron chi connectivity index (χ3n) is 2.75. The zero-order valence-corrected chi connectivity index (χ0v) is 11.1. The molecule has 2 aromatic rings. The third kappa shape index (κ3) is 2.18. The molecule has 0 saturated heterocycles. The maximum absolute atomic E-state index is 6.13. The number of nitrogens with zero attached hydrogens (tertiary/aromatic N) is 2. The maximum atomic E-state index is 6.13. The van der Waals surface area contributed by atoms with Crippen LogP contribution in [0.25, 0.3) is 5.69 Å². The molecule has 0 spiro atoms. The van der Waals surface area contributed by atoms with Gasteiger partial charge in [0.15, 0.2) is 0 Å². The molecule has 0 aliphatic heterocycles. The van der Waals surface area contributed by atoms with Crippen molar-refractivity contribution in [1.82, 2.24) is 9.55 Å². The van der Waals surface area contributed by atoms with Crippen molar-refractivity contribution in [2.75, 3.05) is 0 Å². The van der Waals surface area contributed by atoms with Gasteiger partial charge in [0.2, 0.25) is 0 Å². The van der Waals surface area contributed by atoms with Gasteiger partial charge in [-0.3, -0.25) is 0 Å². The van der Waals surface area contributed by atoms with E-state index >= 15 is 0 Å². The van der Waals surface area contributed by atoms with Gasteiger partial charge in [0.05, 0.1) is 17.0 Å². The predicted octanol–water partition coefficient (Wildman–Crippen LogP) is 2.78. The Morgan fingerprint density at radius 3 is 2.59 bits per heavy atom. The Labute approximate surface area is 110 Å². The summed E-state index contributed by atoms with van der Waals surface area (Å²) < 4.78 is 1.98. The number of rotatable bonds is 2. The lowest BCUT2D eigenvalue weighted by Crippen LogP contribution is -2.10. The van der Waals surface area contributed by atoms with Crippen molar-refractivity contribution in [3.05, 3.63) is 46.5 Å². The van der Waals surface area contributed by atoms with Crippen LogP contribution in [-0.2, 0) is 0 Å². The fourth-order valence-electron chi connectivity index (χ4n) is 1.61. The second kappa shape index (κ2) is 4.47. The van der Waals surface area contributed by atoms with Crippen LogP contribution in [0.2, 0.25) is 5.02 Å². The van der Waals surface area contributed by atoms with Crippen molar-refractivity contribution in [3.63, 3.8) is 0 Å². The minimum atomic E-state index is 0.306. The van der Waals surface area contributed by atoms with Crippen molar-refractivity contribution in [3.8, 4) is 5.69 Å². The summed E-state index contributed by atoms with van der Waals surface area (Å²) in [5.41, 5.74) is 9.30. The third-order valence-corrected chi connectivity index (χ3v) is 3.28. The van der Waals surface area contributed by atoms with Gasteiger partial charge in [0.25, 0.3) is 0 Å². The van der Waals surface area contributed by atoms with Gasteiger partial charge in [0, 0.05) is 16.9 Å². The number of thiocarbonyl (C=S) groups is 1. The lowest BCUT2D eigenvalue weighted by atomic mass is 10.2. The van der Waals surface area contributed by atoms with Gasteiger partial charge in [0.1, 0.15) is 4.99 Å². The summed E-state index contributed by atoms with van der Waals surface area (Å²) in [4.78, 5) is 4.55. The van der Waals surface area contributed by atoms with Gasteiger partial charge >= 0.3 is 0 Å². The molecule has 0 aliphatic rings. The van der Waals surface area contributed by atoms with Crippen LogP contribution in [0.4, 0.5) is 0 Å². The average Bonchev–Trinajstić information content (AvgIpc) is 2.59. The molecule has 0 fully saturated rings. The second-order valence-electron chi connectivity index (χ2n) is 3.81. The first kappa shape index (κ1) is 12.1. The molecule has 0 aliphatic carbocycles. The molecule has 0 saturated carbocycles. The van der Waals surface area contributed by atoms with E-state index in [9.17, 15) is 0 Å². The molecule has 0 bridgehead atoms. The summed E-state index contributed by atoms with van der Waals surface area (Å²) in [6.45, 7) is 3.98. The summed E-state index contributed by atoms with van der Waals surface area (Å²) in [6.07, 6.45) is 1.77. The molecule has 0 unspecified atom stereocenters. The molecule has 17 heavy (non-hydrogen) atoms. The van der Waals surface area contributed by atoms with Crippen LogP contribution in [0.5, 0.6) is 0 Å². The summed E-state index contributed by atoms with van der Waals surface area (Å²) >= 11 is 11.0. The molecule has 3 nitrogen and oxygen atoms in total. The summed E-state index contributed by atoms with van der Waals surface area (Å²) in [6, 6.07) is 5.59. The number of imidazole rings is 1. The number of hydrogen-bond acceptors (Lipinski definition) is 2. The zero-order chi connectivity index (χ0) is 12.6. The molecule has 1 aromatic carbocycles. The largest absolute Gasteiger partial charge is 0.389 e. The highest BCUT2D eigenvalue weighted by molar-refractivity contribution is 7.80. The molecular formula is C12H12ClN3S. The first-order valence-corrected chi connectivity index (χ1v) is 5.89. The maximum Gasteiger partial charge on any atom is 0.105 e. The van der Waals surface area contributed by atoms with Crippen molar-refractivity contribution >= 4 is 28.8 Å². The van der Waals surface area contributed by atoms with E-state index in [4.69, 9.17) is 29.6 Å². The van der Waals surface area contributed by atoms with Crippen LogP contribution < -0.4 is 5.73 Å². The molecule has 1 aromatic heterocycles. The number of hydrogen-bond donors (Lipinski definition) is 1. The molecule has 88 valence electrons. The zero-order valence-electron chi connectivity index (χ0n) is 9.57. The Hall–Kier alpha value is -1.39. The van der Waals surface area contributed by atoms with Crippen LogP contribution in [0.1, 0.15) is 17.0 Å². The fourth-order valence-corrected chi connectivity index (χ4v) is 2.12. The molecule has 0 amide bonds. The van der Waals surface area contributed by atoms with Gasteiger partial charge in [-0.15, -0.1) is 0 Å². The van der Waals surface area contributed by atoms with Crippen LogP contribution in [0.15, 0.2) is 24.5 Å². The molecule has 1 heterocycles. The Bertz CT molecular complexity index is 589. The highest BCUT2D eigenvalue weighted by Crippen LogP contribution is 2.21. The Balaban J connectivity index is 2.52. The van der Waals surface area contributed by atoms with Crippen LogP contribution >= 0.6 is 23.8 Å². The van der Waals surface area contributed by atoms with Gasteiger partial charge < -0.3 is 10.3 Å². The minimum absolute atomic E-state index is 0.306. The molecular weight excluding hydrogens is 254 g/mol. The summed E-state index contributed by atoms with van der Waals surface area (Å²) in [5, 5.41) is 0.556. The molecule has 0 radical (unpaired) electrons. The van der Waals surface area contributed by atoms with Crippen LogP contribution in [0.3, 0.4) is 0 Å². The van der Waals surface area contributed by atoms with Gasteiger partial charge in [-0.1, -0.05) is 23.8 Å². The fraction of sp³-hybridized carbons (Fsp3) is 0.167. The second-order valence-corrected chi connectivity index (χ2v) is 4.66. The molecule has 0 atom stereocenters. The number of halogens is 1. The van der Waals surface area contributed by atoms with Gasteiger partial charge in [-0.25, -0.2) is 4.98 Å². The normalized spacial score (nSPS) is 10.5. The standard InChI is InChI=1S/C12H12ClN3S/c1-7-8(2)16(6-15-7)9-3-4-10(12(14)17)11(13)5-9/h3-6H,1-2H3,(H2,14,17). The number of nitrogens with two attached hydrogens (primary N) is 1. The van der Waals surface area contributed by atoms with Crippen molar-refractivity contribution in [1.29, 1.82) is 0 Å². The number of aryl methyl sites for hydroxylation is 1. The molecule has 5 heteroatoms. The highest BCUT2D eigenvalue weighted by Gasteiger charge is 2.08. The lowest BCUT2D eigenvalue weighted by molar-refractivity contribution is 1.00. The highest BCUT2D eigenvalue weighted by atomic mass is 35.5. The van der Waals surface area contributed by atoms with E-state index in [0.29, 0.717) is 15.6 Å². The minimum Gasteiger partial charge on any atom is -0.389 e. The van der Waals surface area contributed by atoms with E-state index in [1.165, 1.54) is 0 Å². The van der Waals surface area contributed by atoms with Crippen LogP contribution in [-0.4, -0.2) is 14.5 Å². The van der Waals surface area contributed by atoms with E-state index in [1.807, 2.05) is 36.6 Å². The van der Waals surface area contributed by atoms with Gasteiger partial charge in [-0.05, 0) is 32.0 Å². The topological polar surface area (TPSA) is 43.8 Å². The monoisotopic (exact) mass is 265 g/mol. The molecule has 2 N–H and O–H groups in total. The SMILES string of the molecule is Cc1ncn(-c2ccc(C(N)=S)c(Cl)c2)c1C. The summed E-state index contributed by atoms with van der Waals surface area (Å²) in [7, 11) is 0. The predicted molar refractivity (Wildman–Crippen MR) is 73.9 cm³/mol. The Morgan fingerprint density at radius 1 is 1.41 bits per heavy atom. The Morgan fingerprint density at radius 2 is 2.12 bits per heavy atom. The van der Waals surface area contributed by atoms with Gasteiger partial charge in [-0.2, -0.15) is 0 Å². The Kier molecular flexibility index (Phi) is 3.17. The van der Waals surface area contributed by atoms with Crippen LogP contribution in [0, 0.1) is 13.8 Å². The lowest BCUT2D eigenvalue weighted by Gasteiger charge is -2.08. The summed E-state index contributed by atoms with van der Waals surface area (Å²) in [5.74, 6) is 0. The number of benzene rings is 1. The number of aromatic nitrogens is 2. The molecule has 2 rings (SSSR count). The smallest absolute Gasteiger partial charge is 0.105 e. The van der Waals surface area contributed by atoms with E-state index in [1.54, 1.807) is 6.33 Å². The van der Waals surface area contributed by atoms with Crippen molar-refractivity contribution in [2.24, 2.45) is 5.73 Å². The average molecular weight is 266 g/mol. The van der Waals surface area contributed by atoms with Crippen molar-refractivity contribution in [2.45, 2.75) is 13.8 Å². The van der Waals surface area contributed by atoms with E-state index < -0.39 is 0 Å². The first-order valence-electron chi connectivity index (χ1n) is 5.11. The first-order chi connectivity index (χ1) is 8.00. The van der Waals surface area contributed by atoms with Crippen molar-refractivity contribution < 1.29 is 0 Å².